The Kier molecular flexibility index (Phi) is 7.65. The van der Waals surface area contributed by atoms with Gasteiger partial charge in [0.1, 0.15) is 18.1 Å². The van der Waals surface area contributed by atoms with Crippen molar-refractivity contribution in [1.82, 2.24) is 0 Å². The number of carbonyl (C=O) groups is 2. The third kappa shape index (κ3) is 6.46. The van der Waals surface area contributed by atoms with E-state index in [4.69, 9.17) is 21.1 Å². The lowest BCUT2D eigenvalue weighted by molar-refractivity contribution is -0.121. The number of nitrogens with zero attached hydrogens (tertiary/aromatic N) is 1. The summed E-state index contributed by atoms with van der Waals surface area (Å²) in [7, 11) is 0. The molecule has 3 aromatic rings. The van der Waals surface area contributed by atoms with E-state index < -0.39 is 0 Å². The molecule has 1 aliphatic rings. The Balaban J connectivity index is 1.40. The Labute approximate surface area is 216 Å². The molecule has 0 saturated heterocycles. The van der Waals surface area contributed by atoms with Gasteiger partial charge in [0, 0.05) is 16.8 Å². The summed E-state index contributed by atoms with van der Waals surface area (Å²) in [6.07, 6.45) is 3.15. The minimum atomic E-state index is -0.290. The lowest BCUT2D eigenvalue weighted by Gasteiger charge is -2.29. The third-order valence-corrected chi connectivity index (χ3v) is 6.02. The van der Waals surface area contributed by atoms with E-state index >= 15 is 0 Å². The van der Waals surface area contributed by atoms with E-state index in [9.17, 15) is 9.59 Å². The van der Waals surface area contributed by atoms with E-state index in [-0.39, 0.29) is 23.8 Å². The highest BCUT2D eigenvalue weighted by molar-refractivity contribution is 6.30. The standard InChI is InChI=1S/C29H29ClN2O4/c1-29(2,3)21-7-12-24(13-8-21)35-17-16-32-25-18-23(11-14-26(25)36-19-28(32)34)31-27(33)15-6-20-4-9-22(30)10-5-20/h4-15,18H,16-17,19H2,1-3H3,(H,31,33)/b15-6+. The Morgan fingerprint density at radius 1 is 1.08 bits per heavy atom. The van der Waals surface area contributed by atoms with Crippen LogP contribution in [0, 0.1) is 0 Å². The fourth-order valence-electron chi connectivity index (χ4n) is 3.76. The molecule has 0 aromatic heterocycles. The molecule has 0 bridgehead atoms. The van der Waals surface area contributed by atoms with Crippen LogP contribution < -0.4 is 19.7 Å². The summed E-state index contributed by atoms with van der Waals surface area (Å²) >= 11 is 5.90. The number of nitrogens with one attached hydrogen (secondary N) is 1. The second kappa shape index (κ2) is 10.9. The molecule has 0 spiro atoms. The quantitative estimate of drug-likeness (QED) is 0.395. The SMILES string of the molecule is CC(C)(C)c1ccc(OCCN2C(=O)COc3ccc(NC(=O)/C=C/c4ccc(Cl)cc4)cc32)cc1. The van der Waals surface area contributed by atoms with Crippen molar-refractivity contribution in [3.63, 3.8) is 0 Å². The Hall–Kier alpha value is -3.77. The minimum Gasteiger partial charge on any atom is -0.492 e. The van der Waals surface area contributed by atoms with Crippen molar-refractivity contribution in [2.75, 3.05) is 30.0 Å². The molecule has 7 heteroatoms. The van der Waals surface area contributed by atoms with Gasteiger partial charge < -0.3 is 19.7 Å². The lowest BCUT2D eigenvalue weighted by atomic mass is 9.87. The average molecular weight is 505 g/mol. The number of carbonyl (C=O) groups excluding carboxylic acids is 2. The third-order valence-electron chi connectivity index (χ3n) is 5.77. The molecule has 0 unspecified atom stereocenters. The van der Waals surface area contributed by atoms with Crippen LogP contribution in [-0.4, -0.2) is 31.6 Å². The molecule has 0 fully saturated rings. The highest BCUT2D eigenvalue weighted by Gasteiger charge is 2.26. The summed E-state index contributed by atoms with van der Waals surface area (Å²) in [4.78, 5) is 26.7. The predicted molar refractivity (Wildman–Crippen MR) is 144 cm³/mol. The van der Waals surface area contributed by atoms with Crippen LogP contribution in [0.2, 0.25) is 5.02 Å². The van der Waals surface area contributed by atoms with E-state index in [0.29, 0.717) is 35.3 Å². The van der Waals surface area contributed by atoms with E-state index in [1.807, 2.05) is 24.3 Å². The van der Waals surface area contributed by atoms with Gasteiger partial charge in [-0.3, -0.25) is 9.59 Å². The van der Waals surface area contributed by atoms with Gasteiger partial charge >= 0.3 is 0 Å². The number of fused-ring (bicyclic) bond motifs is 1. The van der Waals surface area contributed by atoms with Crippen molar-refractivity contribution < 1.29 is 19.1 Å². The highest BCUT2D eigenvalue weighted by Crippen LogP contribution is 2.34. The van der Waals surface area contributed by atoms with Crippen molar-refractivity contribution in [2.24, 2.45) is 0 Å². The first-order valence-electron chi connectivity index (χ1n) is 11.7. The Morgan fingerprint density at radius 2 is 1.81 bits per heavy atom. The molecule has 3 aromatic carbocycles. The lowest BCUT2D eigenvalue weighted by Crippen LogP contribution is -2.41. The summed E-state index contributed by atoms with van der Waals surface area (Å²) in [5.74, 6) is 0.873. The molecule has 2 amide bonds. The van der Waals surface area contributed by atoms with Gasteiger partial charge in [-0.05, 0) is 65.1 Å². The van der Waals surface area contributed by atoms with Gasteiger partial charge in [0.05, 0.1) is 12.2 Å². The number of halogens is 1. The molecule has 1 aliphatic heterocycles. The minimum absolute atomic E-state index is 0.0389. The molecule has 4 rings (SSSR count). The average Bonchev–Trinajstić information content (AvgIpc) is 2.85. The van der Waals surface area contributed by atoms with Crippen LogP contribution in [-0.2, 0) is 15.0 Å². The maximum absolute atomic E-state index is 12.6. The number of anilines is 2. The van der Waals surface area contributed by atoms with E-state index in [0.717, 1.165) is 11.3 Å². The van der Waals surface area contributed by atoms with Crippen molar-refractivity contribution in [2.45, 2.75) is 26.2 Å². The maximum atomic E-state index is 12.6. The molecular weight excluding hydrogens is 476 g/mol. The summed E-state index contributed by atoms with van der Waals surface area (Å²) in [5.41, 5.74) is 3.31. The topological polar surface area (TPSA) is 67.9 Å². The molecule has 0 radical (unpaired) electrons. The largest absolute Gasteiger partial charge is 0.492 e. The smallest absolute Gasteiger partial charge is 0.265 e. The summed E-state index contributed by atoms with van der Waals surface area (Å²) in [5, 5.41) is 3.47. The highest BCUT2D eigenvalue weighted by atomic mass is 35.5. The number of amides is 2. The molecular formula is C29H29ClN2O4. The van der Waals surface area contributed by atoms with E-state index in [2.05, 4.69) is 38.2 Å². The van der Waals surface area contributed by atoms with Crippen LogP contribution in [0.4, 0.5) is 11.4 Å². The second-order valence-corrected chi connectivity index (χ2v) is 9.95. The fraction of sp³-hybridized carbons (Fsp3) is 0.241. The molecule has 0 aliphatic carbocycles. The van der Waals surface area contributed by atoms with Crippen LogP contribution in [0.25, 0.3) is 6.08 Å². The van der Waals surface area contributed by atoms with Gasteiger partial charge in [0.25, 0.3) is 5.91 Å². The second-order valence-electron chi connectivity index (χ2n) is 9.51. The Bertz CT molecular complexity index is 1260. The molecule has 1 N–H and O–H groups in total. The van der Waals surface area contributed by atoms with Gasteiger partial charge in [-0.25, -0.2) is 0 Å². The monoisotopic (exact) mass is 504 g/mol. The van der Waals surface area contributed by atoms with Gasteiger partial charge in [0.15, 0.2) is 6.61 Å². The van der Waals surface area contributed by atoms with Crippen molar-refractivity contribution in [3.05, 3.63) is 89.0 Å². The normalized spacial score (nSPS) is 13.3. The van der Waals surface area contributed by atoms with Crippen LogP contribution in [0.5, 0.6) is 11.5 Å². The van der Waals surface area contributed by atoms with Crippen LogP contribution >= 0.6 is 11.6 Å². The van der Waals surface area contributed by atoms with E-state index in [1.54, 1.807) is 41.3 Å². The first-order chi connectivity index (χ1) is 17.2. The molecule has 6 nitrogen and oxygen atoms in total. The summed E-state index contributed by atoms with van der Waals surface area (Å²) in [6, 6.07) is 20.4. The zero-order valence-corrected chi connectivity index (χ0v) is 21.3. The number of benzene rings is 3. The predicted octanol–water partition coefficient (Wildman–Crippen LogP) is 6.09. The van der Waals surface area contributed by atoms with Gasteiger partial charge in [-0.15, -0.1) is 0 Å². The number of rotatable bonds is 7. The first-order valence-corrected chi connectivity index (χ1v) is 12.1. The van der Waals surface area contributed by atoms with Crippen LogP contribution in [0.3, 0.4) is 0 Å². The maximum Gasteiger partial charge on any atom is 0.265 e. The van der Waals surface area contributed by atoms with Crippen LogP contribution in [0.1, 0.15) is 31.9 Å². The number of hydrogen-bond acceptors (Lipinski definition) is 4. The number of ether oxygens (including phenoxy) is 2. The molecule has 1 heterocycles. The van der Waals surface area contributed by atoms with Gasteiger partial charge in [0.2, 0.25) is 5.91 Å². The van der Waals surface area contributed by atoms with Crippen molar-refractivity contribution in [1.29, 1.82) is 0 Å². The van der Waals surface area contributed by atoms with Gasteiger partial charge in [-0.2, -0.15) is 0 Å². The van der Waals surface area contributed by atoms with Gasteiger partial charge in [-0.1, -0.05) is 56.6 Å². The van der Waals surface area contributed by atoms with Crippen LogP contribution in [0.15, 0.2) is 72.8 Å². The Morgan fingerprint density at radius 3 is 2.50 bits per heavy atom. The summed E-state index contributed by atoms with van der Waals surface area (Å²) in [6.45, 7) is 7.12. The van der Waals surface area contributed by atoms with E-state index in [1.165, 1.54) is 11.6 Å². The number of hydrogen-bond donors (Lipinski definition) is 1. The van der Waals surface area contributed by atoms with Crippen molar-refractivity contribution >= 4 is 40.9 Å². The summed E-state index contributed by atoms with van der Waals surface area (Å²) < 4.78 is 11.5. The first kappa shape index (κ1) is 25.3. The fourth-order valence-corrected chi connectivity index (χ4v) is 3.89. The molecule has 0 saturated carbocycles. The molecule has 0 atom stereocenters. The zero-order chi connectivity index (χ0) is 25.7. The molecule has 186 valence electrons. The van der Waals surface area contributed by atoms with Crippen molar-refractivity contribution in [3.8, 4) is 11.5 Å². The molecule has 36 heavy (non-hydrogen) atoms. The zero-order valence-electron chi connectivity index (χ0n) is 20.6.